The Hall–Kier alpha value is -1.20. The van der Waals surface area contributed by atoms with Crippen LogP contribution in [0.1, 0.15) is 24.3 Å². The Morgan fingerprint density at radius 2 is 2.18 bits per heavy atom. The van der Waals surface area contributed by atoms with Gasteiger partial charge in [0.1, 0.15) is 5.69 Å². The van der Waals surface area contributed by atoms with Crippen LogP contribution in [0.4, 0.5) is 0 Å². The van der Waals surface area contributed by atoms with E-state index in [-0.39, 0.29) is 28.5 Å². The van der Waals surface area contributed by atoms with Gasteiger partial charge in [-0.05, 0) is 18.1 Å². The zero-order chi connectivity index (χ0) is 13.0. The number of halogens is 1. The molecule has 0 fully saturated rings. The van der Waals surface area contributed by atoms with Crippen LogP contribution in [0.25, 0.3) is 0 Å². The van der Waals surface area contributed by atoms with Gasteiger partial charge in [-0.1, -0.05) is 37.7 Å². The van der Waals surface area contributed by atoms with Crippen molar-refractivity contribution in [1.29, 1.82) is 0 Å². The lowest BCUT2D eigenvalue weighted by Crippen LogP contribution is -2.47. The maximum Gasteiger partial charge on any atom is 0.270 e. The number of nitrogens with two attached hydrogens (primary N) is 1. The molecule has 0 bridgehead atoms. The van der Waals surface area contributed by atoms with Gasteiger partial charge in [-0.2, -0.15) is 0 Å². The molecule has 0 radical (unpaired) electrons. The molecule has 0 aromatic carbocycles. The zero-order valence-electron chi connectivity index (χ0n) is 9.61. The summed E-state index contributed by atoms with van der Waals surface area (Å²) in [6, 6.07) is 2.82. The average molecular weight is 272 g/mol. The molecule has 1 rings (SSSR count). The Morgan fingerprint density at radius 1 is 1.53 bits per heavy atom. The van der Waals surface area contributed by atoms with Gasteiger partial charge in [0.25, 0.3) is 5.91 Å². The van der Waals surface area contributed by atoms with Crippen LogP contribution in [0.3, 0.4) is 0 Å². The minimum absolute atomic E-state index is 0.128. The molecule has 92 valence electrons. The van der Waals surface area contributed by atoms with Crippen LogP contribution in [0.15, 0.2) is 18.3 Å². The summed E-state index contributed by atoms with van der Waals surface area (Å²) in [7, 11) is 0. The van der Waals surface area contributed by atoms with Crippen molar-refractivity contribution in [2.24, 2.45) is 11.7 Å². The summed E-state index contributed by atoms with van der Waals surface area (Å²) in [5, 5.41) is 3.22. The Balaban J connectivity index is 2.77. The molecular weight excluding hydrogens is 258 g/mol. The van der Waals surface area contributed by atoms with Gasteiger partial charge in [0, 0.05) is 6.20 Å². The third kappa shape index (κ3) is 3.94. The molecule has 1 atom stereocenters. The number of pyridine rings is 1. The molecule has 0 aliphatic heterocycles. The highest BCUT2D eigenvalue weighted by Crippen LogP contribution is 2.07. The van der Waals surface area contributed by atoms with E-state index in [1.54, 1.807) is 12.1 Å². The van der Waals surface area contributed by atoms with Gasteiger partial charge >= 0.3 is 0 Å². The van der Waals surface area contributed by atoms with Crippen molar-refractivity contribution in [2.75, 3.05) is 0 Å². The van der Waals surface area contributed by atoms with Crippen molar-refractivity contribution >= 4 is 34.7 Å². The number of nitrogens with one attached hydrogen (secondary N) is 1. The Kier molecular flexibility index (Phi) is 4.84. The van der Waals surface area contributed by atoms with Crippen molar-refractivity contribution in [3.63, 3.8) is 0 Å². The number of hydrogen-bond acceptors (Lipinski definition) is 3. The monoisotopic (exact) mass is 271 g/mol. The zero-order valence-corrected chi connectivity index (χ0v) is 11.2. The molecule has 6 heteroatoms. The predicted octanol–water partition coefficient (Wildman–Crippen LogP) is 1.78. The lowest BCUT2D eigenvalue weighted by Gasteiger charge is -2.20. The molecule has 4 nitrogen and oxygen atoms in total. The highest BCUT2D eigenvalue weighted by atomic mass is 35.5. The minimum atomic E-state index is -0.338. The molecule has 1 aromatic heterocycles. The van der Waals surface area contributed by atoms with Crippen LogP contribution >= 0.6 is 23.8 Å². The molecule has 0 aliphatic rings. The maximum absolute atomic E-state index is 11.8. The summed E-state index contributed by atoms with van der Waals surface area (Å²) in [5.41, 5.74) is 5.85. The smallest absolute Gasteiger partial charge is 0.270 e. The van der Waals surface area contributed by atoms with Crippen LogP contribution < -0.4 is 11.1 Å². The number of amides is 1. The fraction of sp³-hybridized carbons (Fsp3) is 0.364. The second kappa shape index (κ2) is 5.93. The second-order valence-electron chi connectivity index (χ2n) is 3.96. The Labute approximate surface area is 111 Å². The molecule has 1 amide bonds. The van der Waals surface area contributed by atoms with Gasteiger partial charge in [0.2, 0.25) is 0 Å². The van der Waals surface area contributed by atoms with Crippen molar-refractivity contribution in [3.05, 3.63) is 29.0 Å². The highest BCUT2D eigenvalue weighted by Gasteiger charge is 2.20. The fourth-order valence-electron chi connectivity index (χ4n) is 1.29. The normalized spacial score (nSPS) is 12.2. The molecule has 0 aliphatic carbocycles. The quantitative estimate of drug-likeness (QED) is 0.819. The van der Waals surface area contributed by atoms with Gasteiger partial charge in [0.15, 0.2) is 0 Å². The van der Waals surface area contributed by atoms with E-state index in [1.165, 1.54) is 6.20 Å². The summed E-state index contributed by atoms with van der Waals surface area (Å²) in [6.07, 6.45) is 1.42. The van der Waals surface area contributed by atoms with Gasteiger partial charge in [-0.25, -0.2) is 4.98 Å². The van der Waals surface area contributed by atoms with Crippen LogP contribution in [0.5, 0.6) is 0 Å². The first kappa shape index (κ1) is 13.9. The van der Waals surface area contributed by atoms with Crippen molar-refractivity contribution in [3.8, 4) is 0 Å². The number of carbonyl (C=O) groups excluding carboxylic acids is 1. The van der Waals surface area contributed by atoms with Gasteiger partial charge in [-0.3, -0.25) is 4.79 Å². The standard InChI is InChI=1S/C11H14ClN3OS/c1-6(2)9(10(13)17)15-11(16)8-4-3-7(12)5-14-8/h3-6,9H,1-2H3,(H2,13,17)(H,15,16). The average Bonchev–Trinajstić information content (AvgIpc) is 2.25. The first-order valence-electron chi connectivity index (χ1n) is 5.13. The molecular formula is C11H14ClN3OS. The van der Waals surface area contributed by atoms with Gasteiger partial charge in [0.05, 0.1) is 16.1 Å². The lowest BCUT2D eigenvalue weighted by atomic mass is 10.0. The predicted molar refractivity (Wildman–Crippen MR) is 72.1 cm³/mol. The second-order valence-corrected chi connectivity index (χ2v) is 4.87. The van der Waals surface area contributed by atoms with Crippen LogP contribution in [-0.4, -0.2) is 21.9 Å². The van der Waals surface area contributed by atoms with Gasteiger partial charge < -0.3 is 11.1 Å². The van der Waals surface area contributed by atoms with E-state index in [1.807, 2.05) is 13.8 Å². The molecule has 1 heterocycles. The van der Waals surface area contributed by atoms with Crippen LogP contribution in [-0.2, 0) is 0 Å². The molecule has 17 heavy (non-hydrogen) atoms. The van der Waals surface area contributed by atoms with E-state index in [9.17, 15) is 4.79 Å². The summed E-state index contributed by atoms with van der Waals surface area (Å²) >= 11 is 10.6. The third-order valence-electron chi connectivity index (χ3n) is 2.22. The summed E-state index contributed by atoms with van der Waals surface area (Å²) in [4.78, 5) is 16.0. The maximum atomic E-state index is 11.8. The first-order chi connectivity index (χ1) is 7.91. The highest BCUT2D eigenvalue weighted by molar-refractivity contribution is 7.80. The van der Waals surface area contributed by atoms with E-state index in [2.05, 4.69) is 10.3 Å². The van der Waals surface area contributed by atoms with Crippen LogP contribution in [0, 0.1) is 5.92 Å². The Bertz CT molecular complexity index is 419. The number of thiocarbonyl (C=S) groups is 1. The minimum Gasteiger partial charge on any atom is -0.392 e. The third-order valence-corrected chi connectivity index (χ3v) is 2.70. The molecule has 0 saturated carbocycles. The van der Waals surface area contributed by atoms with Crippen LogP contribution in [0.2, 0.25) is 5.02 Å². The molecule has 0 spiro atoms. The van der Waals surface area contributed by atoms with Crippen molar-refractivity contribution in [1.82, 2.24) is 10.3 Å². The topological polar surface area (TPSA) is 68.0 Å². The summed E-state index contributed by atoms with van der Waals surface area (Å²) in [5.74, 6) is -0.183. The number of rotatable bonds is 4. The van der Waals surface area contributed by atoms with Crippen molar-refractivity contribution < 1.29 is 4.79 Å². The SMILES string of the molecule is CC(C)C(NC(=O)c1ccc(Cl)cn1)C(N)=S. The van der Waals surface area contributed by atoms with Crippen molar-refractivity contribution in [2.45, 2.75) is 19.9 Å². The van der Waals surface area contributed by atoms with E-state index >= 15 is 0 Å². The largest absolute Gasteiger partial charge is 0.392 e. The first-order valence-corrected chi connectivity index (χ1v) is 5.92. The lowest BCUT2D eigenvalue weighted by molar-refractivity contribution is 0.0935. The number of nitrogens with zero attached hydrogens (tertiary/aromatic N) is 1. The summed E-state index contributed by atoms with van der Waals surface area (Å²) in [6.45, 7) is 3.86. The van der Waals surface area contributed by atoms with Gasteiger partial charge in [-0.15, -0.1) is 0 Å². The fourth-order valence-corrected chi connectivity index (χ4v) is 1.73. The molecule has 1 aromatic rings. The molecule has 0 saturated heterocycles. The molecule has 1 unspecified atom stereocenters. The molecule has 3 N–H and O–H groups in total. The van der Waals surface area contributed by atoms with E-state index < -0.39 is 0 Å². The number of hydrogen-bond donors (Lipinski definition) is 2. The van der Waals surface area contributed by atoms with E-state index in [0.717, 1.165) is 0 Å². The number of aromatic nitrogens is 1. The summed E-state index contributed by atoms with van der Waals surface area (Å²) < 4.78 is 0. The number of carbonyl (C=O) groups is 1. The van der Waals surface area contributed by atoms with E-state index in [0.29, 0.717) is 5.02 Å². The van der Waals surface area contributed by atoms with E-state index in [4.69, 9.17) is 29.6 Å². The Morgan fingerprint density at radius 3 is 2.59 bits per heavy atom.